The Morgan fingerprint density at radius 3 is 2.85 bits per heavy atom. The first kappa shape index (κ1) is 14.1. The highest BCUT2D eigenvalue weighted by Gasteiger charge is 2.41. The van der Waals surface area contributed by atoms with Crippen molar-refractivity contribution in [1.82, 2.24) is 20.0 Å². The molecule has 0 aromatic carbocycles. The zero-order valence-corrected chi connectivity index (χ0v) is 13.1. The molecule has 2 aliphatic rings. The lowest BCUT2D eigenvalue weighted by molar-refractivity contribution is 0.0738. The van der Waals surface area contributed by atoms with Crippen LogP contribution in [0.3, 0.4) is 0 Å². The molecular weight excluding hydrogens is 248 g/mol. The third-order valence-corrected chi connectivity index (χ3v) is 5.15. The van der Waals surface area contributed by atoms with Crippen LogP contribution in [0.4, 0.5) is 0 Å². The highest BCUT2D eigenvalue weighted by molar-refractivity contribution is 5.06. The van der Waals surface area contributed by atoms with Gasteiger partial charge in [0.25, 0.3) is 0 Å². The number of nitrogens with one attached hydrogen (secondary N) is 1. The molecule has 4 nitrogen and oxygen atoms in total. The molecule has 0 bridgehead atoms. The molecule has 2 heterocycles. The fourth-order valence-corrected chi connectivity index (χ4v) is 3.40. The Labute approximate surface area is 122 Å². The molecule has 4 heteroatoms. The molecular formula is C16H28N4. The smallest absolute Gasteiger partial charge is 0.0522 e. The molecule has 2 unspecified atom stereocenters. The fraction of sp³-hybridized carbons (Fsp3) is 0.812. The molecule has 112 valence electrons. The summed E-state index contributed by atoms with van der Waals surface area (Å²) in [7, 11) is 2.00. The van der Waals surface area contributed by atoms with E-state index in [4.69, 9.17) is 0 Å². The van der Waals surface area contributed by atoms with Crippen LogP contribution in [0.1, 0.15) is 38.7 Å². The Bertz CT molecular complexity index is 451. The average molecular weight is 276 g/mol. The van der Waals surface area contributed by atoms with Crippen molar-refractivity contribution in [1.29, 1.82) is 0 Å². The van der Waals surface area contributed by atoms with Crippen LogP contribution in [-0.2, 0) is 13.5 Å². The maximum Gasteiger partial charge on any atom is 0.0522 e. The summed E-state index contributed by atoms with van der Waals surface area (Å²) in [5.41, 5.74) is 1.65. The van der Waals surface area contributed by atoms with E-state index in [2.05, 4.69) is 35.4 Å². The number of hydrogen-bond donors (Lipinski definition) is 1. The topological polar surface area (TPSA) is 33.1 Å². The molecule has 3 rings (SSSR count). The van der Waals surface area contributed by atoms with E-state index < -0.39 is 0 Å². The number of aryl methyl sites for hydroxylation is 1. The fourth-order valence-electron chi connectivity index (χ4n) is 3.40. The zero-order chi connectivity index (χ0) is 14.2. The van der Waals surface area contributed by atoms with E-state index in [1.54, 1.807) is 0 Å². The Morgan fingerprint density at radius 1 is 1.45 bits per heavy atom. The zero-order valence-electron chi connectivity index (χ0n) is 13.1. The lowest BCUT2D eigenvalue weighted by atomic mass is 9.92. The Balaban J connectivity index is 1.63. The molecule has 0 radical (unpaired) electrons. The second-order valence-electron chi connectivity index (χ2n) is 6.94. The predicted molar refractivity (Wildman–Crippen MR) is 81.7 cm³/mol. The number of hydrogen-bond acceptors (Lipinski definition) is 3. The van der Waals surface area contributed by atoms with E-state index in [9.17, 15) is 0 Å². The van der Waals surface area contributed by atoms with Gasteiger partial charge >= 0.3 is 0 Å². The van der Waals surface area contributed by atoms with E-state index in [1.807, 2.05) is 17.9 Å². The number of aromatic nitrogens is 2. The maximum atomic E-state index is 4.28. The van der Waals surface area contributed by atoms with Gasteiger partial charge in [-0.15, -0.1) is 0 Å². The van der Waals surface area contributed by atoms with E-state index >= 15 is 0 Å². The summed E-state index contributed by atoms with van der Waals surface area (Å²) in [4.78, 5) is 2.74. The summed E-state index contributed by atoms with van der Waals surface area (Å²) in [6, 6.07) is 0.756. The third-order valence-electron chi connectivity index (χ3n) is 5.15. The SMILES string of the molecule is CCC1(C)CN(CCc2cnn(C)c2)C(C2CC2)CN1. The van der Waals surface area contributed by atoms with Crippen molar-refractivity contribution in [3.8, 4) is 0 Å². The van der Waals surface area contributed by atoms with Crippen molar-refractivity contribution in [3.05, 3.63) is 18.0 Å². The molecule has 20 heavy (non-hydrogen) atoms. The molecule has 0 amide bonds. The summed E-state index contributed by atoms with van der Waals surface area (Å²) in [6.07, 6.45) is 9.34. The van der Waals surface area contributed by atoms with Gasteiger partial charge in [0.15, 0.2) is 0 Å². The second-order valence-corrected chi connectivity index (χ2v) is 6.94. The van der Waals surface area contributed by atoms with Crippen molar-refractivity contribution in [3.63, 3.8) is 0 Å². The quantitative estimate of drug-likeness (QED) is 0.890. The maximum absolute atomic E-state index is 4.28. The molecule has 1 aliphatic carbocycles. The number of rotatable bonds is 5. The van der Waals surface area contributed by atoms with Gasteiger partial charge < -0.3 is 5.32 Å². The van der Waals surface area contributed by atoms with E-state index in [0.29, 0.717) is 5.54 Å². The van der Waals surface area contributed by atoms with Crippen molar-refractivity contribution in [2.75, 3.05) is 19.6 Å². The van der Waals surface area contributed by atoms with Crippen molar-refractivity contribution in [2.24, 2.45) is 13.0 Å². The largest absolute Gasteiger partial charge is 0.309 e. The van der Waals surface area contributed by atoms with E-state index in [0.717, 1.165) is 18.4 Å². The molecule has 2 fully saturated rings. The van der Waals surface area contributed by atoms with Crippen molar-refractivity contribution < 1.29 is 0 Å². The Hall–Kier alpha value is -0.870. The molecule has 1 saturated heterocycles. The van der Waals surface area contributed by atoms with Gasteiger partial charge in [-0.25, -0.2) is 0 Å². The van der Waals surface area contributed by atoms with Crippen LogP contribution in [0.2, 0.25) is 0 Å². The van der Waals surface area contributed by atoms with Gasteiger partial charge in [-0.2, -0.15) is 5.10 Å². The van der Waals surface area contributed by atoms with Gasteiger partial charge in [0, 0.05) is 44.5 Å². The molecule has 1 N–H and O–H groups in total. The van der Waals surface area contributed by atoms with Gasteiger partial charge in [-0.1, -0.05) is 6.92 Å². The molecule has 1 saturated carbocycles. The monoisotopic (exact) mass is 276 g/mol. The summed E-state index contributed by atoms with van der Waals surface area (Å²) >= 11 is 0. The van der Waals surface area contributed by atoms with Gasteiger partial charge in [-0.05, 0) is 44.1 Å². The predicted octanol–water partition coefficient (Wildman–Crippen LogP) is 1.82. The summed E-state index contributed by atoms with van der Waals surface area (Å²) in [6.45, 7) is 8.19. The Morgan fingerprint density at radius 2 is 2.25 bits per heavy atom. The lowest BCUT2D eigenvalue weighted by Crippen LogP contribution is -2.63. The van der Waals surface area contributed by atoms with Crippen LogP contribution in [0.5, 0.6) is 0 Å². The van der Waals surface area contributed by atoms with Crippen LogP contribution < -0.4 is 5.32 Å². The van der Waals surface area contributed by atoms with E-state index in [1.165, 1.54) is 44.5 Å². The molecule has 1 aliphatic heterocycles. The highest BCUT2D eigenvalue weighted by atomic mass is 15.3. The minimum atomic E-state index is 0.292. The summed E-state index contributed by atoms with van der Waals surface area (Å²) in [5, 5.41) is 8.07. The minimum absolute atomic E-state index is 0.292. The average Bonchev–Trinajstić information content (AvgIpc) is 3.19. The van der Waals surface area contributed by atoms with Crippen LogP contribution in [0.15, 0.2) is 12.4 Å². The van der Waals surface area contributed by atoms with Gasteiger partial charge in [0.05, 0.1) is 6.20 Å². The minimum Gasteiger partial charge on any atom is -0.309 e. The van der Waals surface area contributed by atoms with Crippen LogP contribution in [0, 0.1) is 5.92 Å². The van der Waals surface area contributed by atoms with Crippen LogP contribution >= 0.6 is 0 Å². The first-order valence-electron chi connectivity index (χ1n) is 8.06. The molecule has 0 spiro atoms. The van der Waals surface area contributed by atoms with Crippen LogP contribution in [0.25, 0.3) is 0 Å². The highest BCUT2D eigenvalue weighted by Crippen LogP contribution is 2.37. The lowest BCUT2D eigenvalue weighted by Gasteiger charge is -2.46. The van der Waals surface area contributed by atoms with Crippen LogP contribution in [-0.4, -0.2) is 45.9 Å². The molecule has 1 aromatic heterocycles. The summed E-state index contributed by atoms with van der Waals surface area (Å²) in [5.74, 6) is 0.942. The second kappa shape index (κ2) is 5.49. The van der Waals surface area contributed by atoms with E-state index in [-0.39, 0.29) is 0 Å². The first-order chi connectivity index (χ1) is 9.59. The van der Waals surface area contributed by atoms with Gasteiger partial charge in [0.1, 0.15) is 0 Å². The molecule has 2 atom stereocenters. The first-order valence-corrected chi connectivity index (χ1v) is 8.06. The third kappa shape index (κ3) is 3.07. The van der Waals surface area contributed by atoms with Gasteiger partial charge in [0.2, 0.25) is 0 Å². The van der Waals surface area contributed by atoms with Crippen molar-refractivity contribution in [2.45, 2.75) is 51.1 Å². The van der Waals surface area contributed by atoms with Gasteiger partial charge in [-0.3, -0.25) is 9.58 Å². The normalized spacial score (nSPS) is 31.6. The standard InChI is InChI=1S/C16H28N4/c1-4-16(2)12-20(15(10-17-16)14-5-6-14)8-7-13-9-18-19(3)11-13/h9,11,14-15,17H,4-8,10,12H2,1-3H3. The van der Waals surface area contributed by atoms with Crippen molar-refractivity contribution >= 4 is 0 Å². The Kier molecular flexibility index (Phi) is 3.87. The molecule has 1 aromatic rings. The number of piperazine rings is 1. The summed E-state index contributed by atoms with van der Waals surface area (Å²) < 4.78 is 1.90. The number of nitrogens with zero attached hydrogens (tertiary/aromatic N) is 3.